The first-order chi connectivity index (χ1) is 16.4. The summed E-state index contributed by atoms with van der Waals surface area (Å²) in [7, 11) is 0. The topological polar surface area (TPSA) is 114 Å². The molecule has 10 heteroatoms. The monoisotopic (exact) mass is 498 g/mol. The maximum atomic E-state index is 14.1. The van der Waals surface area contributed by atoms with Gasteiger partial charge in [-0.2, -0.15) is 0 Å². The van der Waals surface area contributed by atoms with Crippen LogP contribution in [-0.4, -0.2) is 46.2 Å². The van der Waals surface area contributed by atoms with Crippen LogP contribution in [0.25, 0.3) is 0 Å². The van der Waals surface area contributed by atoms with E-state index in [-0.39, 0.29) is 17.6 Å². The van der Waals surface area contributed by atoms with Gasteiger partial charge in [0.05, 0.1) is 17.9 Å². The van der Waals surface area contributed by atoms with E-state index in [9.17, 15) is 14.4 Å². The molecule has 1 aromatic heterocycles. The first-order valence-electron chi connectivity index (χ1n) is 11.4. The van der Waals surface area contributed by atoms with Gasteiger partial charge in [0.15, 0.2) is 5.82 Å². The minimum atomic E-state index is -1.30. The van der Waals surface area contributed by atoms with Gasteiger partial charge in [-0.3, -0.25) is 19.3 Å². The fraction of sp³-hybridized carbons (Fsp3) is 0.440. The summed E-state index contributed by atoms with van der Waals surface area (Å²) in [6.07, 6.45) is 2.87. The lowest BCUT2D eigenvalue weighted by Gasteiger charge is -2.35. The van der Waals surface area contributed by atoms with Crippen molar-refractivity contribution in [3.63, 3.8) is 0 Å². The highest BCUT2D eigenvalue weighted by Gasteiger charge is 2.73. The van der Waals surface area contributed by atoms with Crippen molar-refractivity contribution in [1.29, 1.82) is 0 Å². The predicted molar refractivity (Wildman–Crippen MR) is 129 cm³/mol. The summed E-state index contributed by atoms with van der Waals surface area (Å²) in [4.78, 5) is 42.6. The van der Waals surface area contributed by atoms with Gasteiger partial charge in [-0.05, 0) is 52.3 Å². The fourth-order valence-corrected chi connectivity index (χ4v) is 5.53. The number of benzene rings is 1. The standard InChI is InChI=1S/C25H27ClN4O5/c1-12-11-17(29-35-12)27-21(31)18-16-9-10-25(34-16)19(18)23(33)30(15-8-6-7-14(26)13(15)2)20(25)22(32)28-24(3,4)5/h6-11,16,18-20H,1-5H3,(H,28,32)(H,27,29,31)/t16-,18+,19+,20-,25+/m1/s1. The summed E-state index contributed by atoms with van der Waals surface area (Å²) >= 11 is 6.38. The average Bonchev–Trinajstić information content (AvgIpc) is 3.49. The Morgan fingerprint density at radius 3 is 2.60 bits per heavy atom. The van der Waals surface area contributed by atoms with Crippen LogP contribution in [0.2, 0.25) is 5.02 Å². The molecule has 3 amide bonds. The number of anilines is 2. The van der Waals surface area contributed by atoms with Crippen LogP contribution < -0.4 is 15.5 Å². The predicted octanol–water partition coefficient (Wildman–Crippen LogP) is 3.15. The summed E-state index contributed by atoms with van der Waals surface area (Å²) in [6, 6.07) is 5.77. The summed E-state index contributed by atoms with van der Waals surface area (Å²) in [5.41, 5.74) is -0.684. The number of hydrogen-bond donors (Lipinski definition) is 2. The van der Waals surface area contributed by atoms with E-state index in [1.807, 2.05) is 20.8 Å². The number of rotatable bonds is 4. The average molecular weight is 499 g/mol. The van der Waals surface area contributed by atoms with E-state index in [0.717, 1.165) is 0 Å². The van der Waals surface area contributed by atoms with Crippen molar-refractivity contribution in [2.75, 3.05) is 10.2 Å². The van der Waals surface area contributed by atoms with E-state index < -0.39 is 41.0 Å². The molecule has 2 bridgehead atoms. The molecule has 5 rings (SSSR count). The van der Waals surface area contributed by atoms with Crippen molar-refractivity contribution >= 4 is 40.8 Å². The summed E-state index contributed by atoms with van der Waals surface area (Å²) in [5.74, 6) is -2.12. The molecule has 0 radical (unpaired) electrons. The van der Waals surface area contributed by atoms with Crippen LogP contribution in [0.5, 0.6) is 0 Å². The molecule has 184 valence electrons. The van der Waals surface area contributed by atoms with E-state index in [1.54, 1.807) is 50.3 Å². The van der Waals surface area contributed by atoms with Crippen molar-refractivity contribution in [2.45, 2.75) is 57.9 Å². The van der Waals surface area contributed by atoms with E-state index in [1.165, 1.54) is 4.90 Å². The Balaban J connectivity index is 1.59. The first kappa shape index (κ1) is 23.6. The third-order valence-electron chi connectivity index (χ3n) is 6.70. The Labute approximate surface area is 207 Å². The second-order valence-electron chi connectivity index (χ2n) is 10.3. The number of hydrogen-bond acceptors (Lipinski definition) is 6. The van der Waals surface area contributed by atoms with E-state index in [4.69, 9.17) is 20.9 Å². The number of carbonyl (C=O) groups excluding carboxylic acids is 3. The molecule has 0 saturated carbocycles. The number of fused-ring (bicyclic) bond motifs is 1. The number of nitrogens with zero attached hydrogens (tertiary/aromatic N) is 2. The zero-order chi connectivity index (χ0) is 25.3. The SMILES string of the molecule is Cc1cc(NC(=O)[C@@H]2[C@H]3C(=O)N(c4cccc(Cl)c4C)[C@H](C(=O)NC(C)(C)C)[C@]34C=C[C@H]2O4)no1. The van der Waals surface area contributed by atoms with Gasteiger partial charge >= 0.3 is 0 Å². The van der Waals surface area contributed by atoms with Gasteiger partial charge in [-0.25, -0.2) is 0 Å². The van der Waals surface area contributed by atoms with Crippen molar-refractivity contribution in [3.05, 3.63) is 52.8 Å². The molecule has 0 unspecified atom stereocenters. The van der Waals surface area contributed by atoms with Crippen LogP contribution >= 0.6 is 11.6 Å². The number of carbonyl (C=O) groups is 3. The first-order valence-corrected chi connectivity index (χ1v) is 11.8. The Morgan fingerprint density at radius 1 is 1.20 bits per heavy atom. The van der Waals surface area contributed by atoms with Crippen molar-refractivity contribution in [1.82, 2.24) is 10.5 Å². The number of ether oxygens (including phenoxy) is 1. The maximum absolute atomic E-state index is 14.1. The molecule has 3 aliphatic heterocycles. The Kier molecular flexibility index (Phi) is 5.34. The number of amides is 3. The molecule has 1 aromatic carbocycles. The van der Waals surface area contributed by atoms with Crippen molar-refractivity contribution in [3.8, 4) is 0 Å². The quantitative estimate of drug-likeness (QED) is 0.626. The van der Waals surface area contributed by atoms with Crippen molar-refractivity contribution < 1.29 is 23.6 Å². The number of halogens is 1. The minimum absolute atomic E-state index is 0.253. The van der Waals surface area contributed by atoms with Crippen LogP contribution in [0.15, 0.2) is 40.9 Å². The largest absolute Gasteiger partial charge is 0.360 e. The zero-order valence-electron chi connectivity index (χ0n) is 20.1. The Bertz CT molecular complexity index is 1260. The van der Waals surface area contributed by atoms with Gasteiger partial charge in [0.2, 0.25) is 17.7 Å². The van der Waals surface area contributed by atoms with Gasteiger partial charge in [0.25, 0.3) is 0 Å². The Hall–Kier alpha value is -3.17. The number of nitrogens with one attached hydrogen (secondary N) is 2. The molecular weight excluding hydrogens is 472 g/mol. The maximum Gasteiger partial charge on any atom is 0.246 e. The molecule has 3 aliphatic rings. The molecule has 2 saturated heterocycles. The molecule has 2 N–H and O–H groups in total. The molecule has 0 aliphatic carbocycles. The van der Waals surface area contributed by atoms with Gasteiger partial charge in [0.1, 0.15) is 17.4 Å². The zero-order valence-corrected chi connectivity index (χ0v) is 20.8. The van der Waals surface area contributed by atoms with E-state index >= 15 is 0 Å². The molecule has 9 nitrogen and oxygen atoms in total. The minimum Gasteiger partial charge on any atom is -0.360 e. The highest BCUT2D eigenvalue weighted by Crippen LogP contribution is 2.56. The van der Waals surface area contributed by atoms with Crippen LogP contribution in [0.1, 0.15) is 32.1 Å². The van der Waals surface area contributed by atoms with Gasteiger partial charge < -0.3 is 19.9 Å². The summed E-state index contributed by atoms with van der Waals surface area (Å²) in [6.45, 7) is 9.10. The van der Waals surface area contributed by atoms with Crippen LogP contribution in [0.4, 0.5) is 11.5 Å². The molecule has 5 atom stereocenters. The lowest BCUT2D eigenvalue weighted by atomic mass is 9.74. The van der Waals surface area contributed by atoms with Gasteiger partial charge in [-0.1, -0.05) is 35.0 Å². The number of aryl methyl sites for hydroxylation is 1. The van der Waals surface area contributed by atoms with E-state index in [2.05, 4.69) is 15.8 Å². The normalized spacial score (nSPS) is 29.0. The third-order valence-corrected chi connectivity index (χ3v) is 7.11. The Morgan fingerprint density at radius 2 is 1.94 bits per heavy atom. The van der Waals surface area contributed by atoms with Crippen LogP contribution in [0.3, 0.4) is 0 Å². The molecule has 2 aromatic rings. The van der Waals surface area contributed by atoms with Crippen molar-refractivity contribution in [2.24, 2.45) is 11.8 Å². The van der Waals surface area contributed by atoms with Gasteiger partial charge in [0, 0.05) is 22.3 Å². The molecule has 4 heterocycles. The van der Waals surface area contributed by atoms with Crippen LogP contribution in [-0.2, 0) is 19.1 Å². The fourth-order valence-electron chi connectivity index (χ4n) is 5.36. The van der Waals surface area contributed by atoms with Gasteiger partial charge in [-0.15, -0.1) is 0 Å². The molecule has 35 heavy (non-hydrogen) atoms. The second-order valence-corrected chi connectivity index (χ2v) is 10.8. The second kappa shape index (κ2) is 7.93. The lowest BCUT2D eigenvalue weighted by Crippen LogP contribution is -2.58. The lowest BCUT2D eigenvalue weighted by molar-refractivity contribution is -0.129. The highest BCUT2D eigenvalue weighted by molar-refractivity contribution is 6.32. The third kappa shape index (κ3) is 3.65. The number of aromatic nitrogens is 1. The molecule has 1 spiro atoms. The highest BCUT2D eigenvalue weighted by atomic mass is 35.5. The smallest absolute Gasteiger partial charge is 0.246 e. The molecular formula is C25H27ClN4O5. The summed E-state index contributed by atoms with van der Waals surface area (Å²) in [5, 5.41) is 10.0. The van der Waals surface area contributed by atoms with Crippen LogP contribution in [0, 0.1) is 25.7 Å². The summed E-state index contributed by atoms with van der Waals surface area (Å²) < 4.78 is 11.4. The van der Waals surface area contributed by atoms with E-state index in [0.29, 0.717) is 22.0 Å². The molecule has 2 fully saturated rings.